The van der Waals surface area contributed by atoms with Crippen LogP contribution in [0.1, 0.15) is 35.2 Å². The summed E-state index contributed by atoms with van der Waals surface area (Å²) in [6, 6.07) is 8.61. The van der Waals surface area contributed by atoms with E-state index >= 15 is 0 Å². The van der Waals surface area contributed by atoms with Crippen molar-refractivity contribution >= 4 is 22.5 Å². The number of nitrogens with two attached hydrogens (primary N) is 1. The summed E-state index contributed by atoms with van der Waals surface area (Å²) in [7, 11) is 0. The number of rotatable bonds is 5. The van der Waals surface area contributed by atoms with Crippen molar-refractivity contribution in [3.63, 3.8) is 0 Å². The average Bonchev–Trinajstić information content (AvgIpc) is 2.81. The van der Waals surface area contributed by atoms with Gasteiger partial charge in [0.05, 0.1) is 23.2 Å². The molecule has 174 valence electrons. The molecule has 0 fully saturated rings. The molecule has 0 saturated carbocycles. The first-order valence-corrected chi connectivity index (χ1v) is 10.4. The lowest BCUT2D eigenvalue weighted by atomic mass is 9.98. The van der Waals surface area contributed by atoms with E-state index in [2.05, 4.69) is 15.5 Å². The van der Waals surface area contributed by atoms with Crippen molar-refractivity contribution in [2.24, 2.45) is 10.9 Å². The zero-order chi connectivity index (χ0) is 24.6. The monoisotopic (exact) mass is 464 g/mol. The Hall–Kier alpha value is -4.27. The molecule has 0 bridgehead atoms. The SMILES string of the molecule is Cc1cc([C@@H](C)Nc2cccc(F)c2/C(N)=N/O)c2oc(-c3cncc(F)c3)c(C)c(=O)c2c1. The lowest BCUT2D eigenvalue weighted by Gasteiger charge is -2.20. The van der Waals surface area contributed by atoms with Gasteiger partial charge in [-0.3, -0.25) is 9.78 Å². The van der Waals surface area contributed by atoms with E-state index in [-0.39, 0.29) is 22.6 Å². The van der Waals surface area contributed by atoms with Crippen LogP contribution >= 0.6 is 0 Å². The van der Waals surface area contributed by atoms with Gasteiger partial charge in [0.2, 0.25) is 0 Å². The van der Waals surface area contributed by atoms with Gasteiger partial charge >= 0.3 is 0 Å². The molecule has 4 aromatic rings. The molecule has 1 atom stereocenters. The number of halogens is 2. The van der Waals surface area contributed by atoms with Crippen molar-refractivity contribution in [1.82, 2.24) is 4.98 Å². The van der Waals surface area contributed by atoms with Gasteiger partial charge in [0.1, 0.15) is 23.0 Å². The molecule has 2 heterocycles. The van der Waals surface area contributed by atoms with Gasteiger partial charge in [-0.1, -0.05) is 17.3 Å². The highest BCUT2D eigenvalue weighted by atomic mass is 19.1. The molecule has 4 rings (SSSR count). The summed E-state index contributed by atoms with van der Waals surface area (Å²) in [4.78, 5) is 17.1. The number of oxime groups is 1. The standard InChI is InChI=1S/C25H22F2N4O3/c1-12-7-17(14(3)30-20-6-4-5-19(27)21(20)25(28)31-33)24-18(8-12)22(32)13(2)23(34-24)15-9-16(26)11-29-10-15/h4-11,14,30,33H,1-3H3,(H2,28,31)/t14-/m1/s1. The van der Waals surface area contributed by atoms with Crippen LogP contribution in [0.15, 0.2) is 63.2 Å². The second-order valence-electron chi connectivity index (χ2n) is 8.02. The second kappa shape index (κ2) is 8.93. The van der Waals surface area contributed by atoms with Crippen molar-refractivity contribution in [3.8, 4) is 11.3 Å². The molecule has 9 heteroatoms. The molecule has 2 aromatic heterocycles. The van der Waals surface area contributed by atoms with Gasteiger partial charge in [0, 0.05) is 28.6 Å². The summed E-state index contributed by atoms with van der Waals surface area (Å²) >= 11 is 0. The Morgan fingerprint density at radius 1 is 1.21 bits per heavy atom. The Morgan fingerprint density at radius 2 is 1.97 bits per heavy atom. The summed E-state index contributed by atoms with van der Waals surface area (Å²) in [5.41, 5.74) is 8.05. The first kappa shape index (κ1) is 22.9. The number of aromatic nitrogens is 1. The van der Waals surface area contributed by atoms with Crippen molar-refractivity contribution < 1.29 is 18.4 Å². The van der Waals surface area contributed by atoms with E-state index in [0.29, 0.717) is 33.3 Å². The highest BCUT2D eigenvalue weighted by Crippen LogP contribution is 2.33. The molecule has 0 aliphatic rings. The predicted molar refractivity (Wildman–Crippen MR) is 126 cm³/mol. The molecule has 0 radical (unpaired) electrons. The predicted octanol–water partition coefficient (Wildman–Crippen LogP) is 5.02. The number of pyridine rings is 1. The molecule has 2 aromatic carbocycles. The molecule has 0 unspecified atom stereocenters. The van der Waals surface area contributed by atoms with Gasteiger partial charge < -0.3 is 20.7 Å². The fraction of sp³-hybridized carbons (Fsp3) is 0.160. The zero-order valence-electron chi connectivity index (χ0n) is 18.7. The Labute approximate surface area is 193 Å². The van der Waals surface area contributed by atoms with E-state index in [1.54, 1.807) is 26.0 Å². The van der Waals surface area contributed by atoms with Crippen LogP contribution in [0.5, 0.6) is 0 Å². The molecule has 7 nitrogen and oxygen atoms in total. The van der Waals surface area contributed by atoms with Gasteiger partial charge in [-0.25, -0.2) is 8.78 Å². The van der Waals surface area contributed by atoms with Crippen LogP contribution in [0.4, 0.5) is 14.5 Å². The van der Waals surface area contributed by atoms with Crippen molar-refractivity contribution in [3.05, 3.63) is 92.9 Å². The van der Waals surface area contributed by atoms with E-state index in [1.165, 1.54) is 24.4 Å². The summed E-state index contributed by atoms with van der Waals surface area (Å²) < 4.78 is 34.4. The molecule has 0 amide bonds. The number of fused-ring (bicyclic) bond motifs is 1. The van der Waals surface area contributed by atoms with Gasteiger partial charge in [-0.2, -0.15) is 0 Å². The van der Waals surface area contributed by atoms with Gasteiger partial charge in [-0.05, 0) is 50.6 Å². The van der Waals surface area contributed by atoms with Crippen LogP contribution < -0.4 is 16.5 Å². The molecule has 0 saturated heterocycles. The number of hydrogen-bond donors (Lipinski definition) is 3. The lowest BCUT2D eigenvalue weighted by molar-refractivity contribution is 0.318. The van der Waals surface area contributed by atoms with Gasteiger partial charge in [0.15, 0.2) is 11.3 Å². The zero-order valence-corrected chi connectivity index (χ0v) is 18.7. The summed E-state index contributed by atoms with van der Waals surface area (Å²) in [6.45, 7) is 5.27. The minimum absolute atomic E-state index is 0.0855. The first-order chi connectivity index (χ1) is 16.2. The van der Waals surface area contributed by atoms with E-state index in [0.717, 1.165) is 11.8 Å². The molecule has 0 aliphatic carbocycles. The number of aryl methyl sites for hydroxylation is 1. The maximum absolute atomic E-state index is 14.4. The minimum atomic E-state index is -0.662. The molecule has 0 aliphatic heterocycles. The number of nitrogens with zero attached hydrogens (tertiary/aromatic N) is 2. The van der Waals surface area contributed by atoms with Crippen LogP contribution in [0.25, 0.3) is 22.3 Å². The normalized spacial score (nSPS) is 12.7. The van der Waals surface area contributed by atoms with E-state index in [9.17, 15) is 13.6 Å². The highest BCUT2D eigenvalue weighted by Gasteiger charge is 2.21. The fourth-order valence-electron chi connectivity index (χ4n) is 3.97. The summed E-state index contributed by atoms with van der Waals surface area (Å²) in [6.07, 6.45) is 2.49. The van der Waals surface area contributed by atoms with Crippen LogP contribution in [-0.4, -0.2) is 16.0 Å². The van der Waals surface area contributed by atoms with Crippen LogP contribution in [0.2, 0.25) is 0 Å². The largest absolute Gasteiger partial charge is 0.455 e. The smallest absolute Gasteiger partial charge is 0.196 e. The second-order valence-corrected chi connectivity index (χ2v) is 8.02. The van der Waals surface area contributed by atoms with E-state index in [1.807, 2.05) is 13.0 Å². The number of nitrogens with one attached hydrogen (secondary N) is 1. The highest BCUT2D eigenvalue weighted by molar-refractivity contribution is 6.02. The Kier molecular flexibility index (Phi) is 6.02. The van der Waals surface area contributed by atoms with Crippen LogP contribution in [-0.2, 0) is 0 Å². The molecule has 0 spiro atoms. The number of benzene rings is 2. The molecular weight excluding hydrogens is 442 g/mol. The van der Waals surface area contributed by atoms with Crippen molar-refractivity contribution in [2.45, 2.75) is 26.8 Å². The minimum Gasteiger partial charge on any atom is -0.455 e. The van der Waals surface area contributed by atoms with Crippen LogP contribution in [0, 0.1) is 25.5 Å². The third-order valence-electron chi connectivity index (χ3n) is 5.57. The Morgan fingerprint density at radius 3 is 2.68 bits per heavy atom. The Balaban J connectivity index is 1.90. The maximum atomic E-state index is 14.4. The summed E-state index contributed by atoms with van der Waals surface area (Å²) in [5.74, 6) is -1.39. The number of hydrogen-bond acceptors (Lipinski definition) is 6. The quantitative estimate of drug-likeness (QED) is 0.165. The fourth-order valence-corrected chi connectivity index (χ4v) is 3.97. The third-order valence-corrected chi connectivity index (χ3v) is 5.57. The molecule has 34 heavy (non-hydrogen) atoms. The van der Waals surface area contributed by atoms with Gasteiger partial charge in [0.25, 0.3) is 0 Å². The van der Waals surface area contributed by atoms with Crippen LogP contribution in [0.3, 0.4) is 0 Å². The third kappa shape index (κ3) is 4.07. The Bertz CT molecular complexity index is 1500. The van der Waals surface area contributed by atoms with E-state index < -0.39 is 17.7 Å². The average molecular weight is 464 g/mol. The van der Waals surface area contributed by atoms with Crippen molar-refractivity contribution in [2.75, 3.05) is 5.32 Å². The molecular formula is C25H22F2N4O3. The van der Waals surface area contributed by atoms with Gasteiger partial charge in [-0.15, -0.1) is 0 Å². The first-order valence-electron chi connectivity index (χ1n) is 10.4. The van der Waals surface area contributed by atoms with E-state index in [4.69, 9.17) is 15.4 Å². The van der Waals surface area contributed by atoms with Crippen molar-refractivity contribution in [1.29, 1.82) is 0 Å². The maximum Gasteiger partial charge on any atom is 0.196 e. The number of amidine groups is 1. The number of anilines is 1. The molecule has 4 N–H and O–H groups in total. The summed E-state index contributed by atoms with van der Waals surface area (Å²) in [5, 5.41) is 15.5. The lowest BCUT2D eigenvalue weighted by Crippen LogP contribution is -2.19. The topological polar surface area (TPSA) is 114 Å².